The number of hydrogen-bond donors (Lipinski definition) is 0. The molecule has 0 saturated carbocycles. The number of benzene rings is 11. The number of anilines is 3. The van der Waals surface area contributed by atoms with E-state index in [1.807, 2.05) is 6.07 Å². The van der Waals surface area contributed by atoms with Crippen LogP contribution in [0.3, 0.4) is 0 Å². The third kappa shape index (κ3) is 7.21. The average Bonchev–Trinajstić information content (AvgIpc) is 3.79. The summed E-state index contributed by atoms with van der Waals surface area (Å²) in [6, 6.07) is 93.7. The normalized spacial score (nSPS) is 11.3. The number of para-hydroxylation sites is 1. The highest BCUT2D eigenvalue weighted by atomic mass is 16.3. The first kappa shape index (κ1) is 38.9. The van der Waals surface area contributed by atoms with Gasteiger partial charge in [0.1, 0.15) is 11.3 Å². The molecule has 0 aliphatic rings. The van der Waals surface area contributed by atoms with Crippen molar-refractivity contribution < 1.29 is 4.42 Å². The van der Waals surface area contributed by atoms with Gasteiger partial charge in [-0.1, -0.05) is 206 Å². The Morgan fingerprint density at radius 2 is 0.667 bits per heavy atom. The number of furan rings is 1. The summed E-state index contributed by atoms with van der Waals surface area (Å²) in [4.78, 5) is 2.35. The number of fused-ring (bicyclic) bond motifs is 3. The molecule has 0 aliphatic heterocycles. The molecule has 2 nitrogen and oxygen atoms in total. The molecule has 12 rings (SSSR count). The molecule has 12 aromatic rings. The summed E-state index contributed by atoms with van der Waals surface area (Å²) in [5.74, 6) is 0.878. The van der Waals surface area contributed by atoms with Gasteiger partial charge in [-0.15, -0.1) is 0 Å². The molecule has 66 heavy (non-hydrogen) atoms. The SMILES string of the molecule is c1ccc(-c2c(-c3cccc(-c4ccc(N(c5ccc(-c6cccc(-c7cccc8ccccc78)c6)cc5)c5ccc(-c6cccc7ccccc67)cc5)cc4)c3)oc3ccccc23)cc1. The van der Waals surface area contributed by atoms with Crippen molar-refractivity contribution in [3.05, 3.63) is 261 Å². The molecule has 310 valence electrons. The van der Waals surface area contributed by atoms with Crippen LogP contribution >= 0.6 is 0 Å². The van der Waals surface area contributed by atoms with Crippen LogP contribution in [0.1, 0.15) is 0 Å². The van der Waals surface area contributed by atoms with E-state index >= 15 is 0 Å². The van der Waals surface area contributed by atoms with Crippen LogP contribution in [0.4, 0.5) is 17.1 Å². The van der Waals surface area contributed by atoms with E-state index in [2.05, 4.69) is 260 Å². The highest BCUT2D eigenvalue weighted by molar-refractivity contribution is 6.02. The molecule has 0 aliphatic carbocycles. The molecule has 0 saturated heterocycles. The van der Waals surface area contributed by atoms with Gasteiger partial charge in [-0.25, -0.2) is 0 Å². The van der Waals surface area contributed by atoms with Gasteiger partial charge >= 0.3 is 0 Å². The Balaban J connectivity index is 0.907. The van der Waals surface area contributed by atoms with Crippen LogP contribution in [-0.4, -0.2) is 0 Å². The standard InChI is InChI=1S/C64H43NO/c1-2-16-49(17-3-1)63-61-26-8-9-29-62(61)66-64(63)53-23-11-21-51(43-53)45-32-38-55(39-33-45)65(56-40-34-48(35-41-56)59-27-12-18-46-14-4-6-24-57(46)59)54-36-30-44(31-37-54)50-20-10-22-52(42-50)60-28-13-19-47-15-5-7-25-58(47)60/h1-43H. The van der Waals surface area contributed by atoms with Gasteiger partial charge in [0.05, 0.1) is 0 Å². The fourth-order valence-electron chi connectivity index (χ4n) is 9.64. The van der Waals surface area contributed by atoms with Crippen LogP contribution in [0.15, 0.2) is 265 Å². The Bertz CT molecular complexity index is 3670. The quantitative estimate of drug-likeness (QED) is 0.144. The lowest BCUT2D eigenvalue weighted by atomic mass is 9.95. The van der Waals surface area contributed by atoms with E-state index in [9.17, 15) is 0 Å². The van der Waals surface area contributed by atoms with E-state index in [1.165, 1.54) is 54.9 Å². The second kappa shape index (κ2) is 16.8. The average molecular weight is 842 g/mol. The van der Waals surface area contributed by atoms with Crippen LogP contribution < -0.4 is 4.90 Å². The molecule has 2 heteroatoms. The molecule has 1 heterocycles. The van der Waals surface area contributed by atoms with Crippen molar-refractivity contribution in [1.29, 1.82) is 0 Å². The highest BCUT2D eigenvalue weighted by Gasteiger charge is 2.19. The smallest absolute Gasteiger partial charge is 0.143 e. The Hall–Kier alpha value is -8.72. The monoisotopic (exact) mass is 841 g/mol. The molecule has 0 radical (unpaired) electrons. The Labute approximate surface area is 384 Å². The molecule has 0 N–H and O–H groups in total. The van der Waals surface area contributed by atoms with Crippen LogP contribution in [-0.2, 0) is 0 Å². The number of nitrogens with zero attached hydrogens (tertiary/aromatic N) is 1. The van der Waals surface area contributed by atoms with Crippen molar-refractivity contribution in [3.8, 4) is 67.0 Å². The van der Waals surface area contributed by atoms with E-state index in [1.54, 1.807) is 0 Å². The molecule has 0 fully saturated rings. The lowest BCUT2D eigenvalue weighted by Crippen LogP contribution is -2.09. The minimum Gasteiger partial charge on any atom is -0.455 e. The fraction of sp³-hybridized carbons (Fsp3) is 0. The van der Waals surface area contributed by atoms with E-state index in [-0.39, 0.29) is 0 Å². The zero-order valence-corrected chi connectivity index (χ0v) is 36.2. The van der Waals surface area contributed by atoms with Gasteiger partial charge in [0.15, 0.2) is 0 Å². The zero-order valence-electron chi connectivity index (χ0n) is 36.2. The highest BCUT2D eigenvalue weighted by Crippen LogP contribution is 2.43. The van der Waals surface area contributed by atoms with Crippen molar-refractivity contribution in [3.63, 3.8) is 0 Å². The van der Waals surface area contributed by atoms with E-state index < -0.39 is 0 Å². The van der Waals surface area contributed by atoms with Crippen LogP contribution in [0.25, 0.3) is 99.5 Å². The van der Waals surface area contributed by atoms with Gasteiger partial charge in [0.25, 0.3) is 0 Å². The lowest BCUT2D eigenvalue weighted by molar-refractivity contribution is 0.632. The zero-order chi connectivity index (χ0) is 43.8. The second-order valence-electron chi connectivity index (χ2n) is 16.9. The summed E-state index contributed by atoms with van der Waals surface area (Å²) in [5.41, 5.74) is 16.9. The maximum Gasteiger partial charge on any atom is 0.143 e. The minimum absolute atomic E-state index is 0.878. The molecule has 1 aromatic heterocycles. The first-order chi connectivity index (χ1) is 32.7. The maximum atomic E-state index is 6.61. The summed E-state index contributed by atoms with van der Waals surface area (Å²) in [6.07, 6.45) is 0. The van der Waals surface area contributed by atoms with Crippen LogP contribution in [0.2, 0.25) is 0 Å². The van der Waals surface area contributed by atoms with Gasteiger partial charge in [0, 0.05) is 33.6 Å². The Morgan fingerprint density at radius 3 is 1.26 bits per heavy atom. The topological polar surface area (TPSA) is 16.4 Å². The van der Waals surface area contributed by atoms with Crippen molar-refractivity contribution >= 4 is 49.6 Å². The van der Waals surface area contributed by atoms with E-state index in [0.717, 1.165) is 61.6 Å². The summed E-state index contributed by atoms with van der Waals surface area (Å²) in [7, 11) is 0. The first-order valence-corrected chi connectivity index (χ1v) is 22.6. The predicted molar refractivity (Wildman–Crippen MR) is 279 cm³/mol. The van der Waals surface area contributed by atoms with Crippen molar-refractivity contribution in [2.75, 3.05) is 4.90 Å². The van der Waals surface area contributed by atoms with E-state index in [0.29, 0.717) is 0 Å². The first-order valence-electron chi connectivity index (χ1n) is 22.6. The van der Waals surface area contributed by atoms with Gasteiger partial charge in [-0.3, -0.25) is 0 Å². The Kier molecular flexibility index (Phi) is 9.89. The maximum absolute atomic E-state index is 6.61. The predicted octanol–water partition coefficient (Wildman–Crippen LogP) is 18.2. The molecule has 0 spiro atoms. The van der Waals surface area contributed by atoms with Crippen LogP contribution in [0, 0.1) is 0 Å². The minimum atomic E-state index is 0.878. The van der Waals surface area contributed by atoms with Crippen molar-refractivity contribution in [1.82, 2.24) is 0 Å². The van der Waals surface area contributed by atoms with E-state index in [4.69, 9.17) is 4.42 Å². The summed E-state index contributed by atoms with van der Waals surface area (Å²) in [6.45, 7) is 0. The lowest BCUT2D eigenvalue weighted by Gasteiger charge is -2.26. The Morgan fingerprint density at radius 1 is 0.258 bits per heavy atom. The van der Waals surface area contributed by atoms with Gasteiger partial charge in [-0.2, -0.15) is 0 Å². The summed E-state index contributed by atoms with van der Waals surface area (Å²) >= 11 is 0. The van der Waals surface area contributed by atoms with Crippen molar-refractivity contribution in [2.45, 2.75) is 0 Å². The van der Waals surface area contributed by atoms with Gasteiger partial charge in [-0.05, 0) is 126 Å². The summed E-state index contributed by atoms with van der Waals surface area (Å²) in [5, 5.41) is 6.11. The molecule has 0 atom stereocenters. The molecule has 0 amide bonds. The molecular formula is C64H43NO. The summed E-state index contributed by atoms with van der Waals surface area (Å²) < 4.78 is 6.61. The molecular weight excluding hydrogens is 799 g/mol. The number of rotatable bonds is 9. The van der Waals surface area contributed by atoms with Gasteiger partial charge < -0.3 is 9.32 Å². The van der Waals surface area contributed by atoms with Gasteiger partial charge in [0.2, 0.25) is 0 Å². The fourth-order valence-corrected chi connectivity index (χ4v) is 9.64. The second-order valence-corrected chi connectivity index (χ2v) is 16.9. The molecule has 11 aromatic carbocycles. The third-order valence-corrected chi connectivity index (χ3v) is 12.9. The molecule has 0 unspecified atom stereocenters. The largest absolute Gasteiger partial charge is 0.455 e. The van der Waals surface area contributed by atoms with Crippen LogP contribution in [0.5, 0.6) is 0 Å². The third-order valence-electron chi connectivity index (χ3n) is 12.9. The molecule has 0 bridgehead atoms. The number of hydrogen-bond acceptors (Lipinski definition) is 2. The van der Waals surface area contributed by atoms with Crippen molar-refractivity contribution in [2.24, 2.45) is 0 Å².